The number of nitrogens with zero attached hydrogens (tertiary/aromatic N) is 3. The van der Waals surface area contributed by atoms with Gasteiger partial charge in [0.1, 0.15) is 0 Å². The Morgan fingerprint density at radius 1 is 1.22 bits per heavy atom. The van der Waals surface area contributed by atoms with Gasteiger partial charge in [-0.1, -0.05) is 34.1 Å². The summed E-state index contributed by atoms with van der Waals surface area (Å²) in [5.41, 5.74) is 3.28. The lowest BCUT2D eigenvalue weighted by molar-refractivity contribution is 0.895. The van der Waals surface area contributed by atoms with Crippen molar-refractivity contribution in [3.63, 3.8) is 0 Å². The minimum absolute atomic E-state index is 0.750. The molecular weight excluding hydrogens is 290 g/mol. The Bertz CT molecular complexity index is 703. The van der Waals surface area contributed by atoms with Gasteiger partial charge in [-0.2, -0.15) is 5.10 Å². The maximum atomic E-state index is 4.52. The van der Waals surface area contributed by atoms with E-state index in [4.69, 9.17) is 0 Å². The second-order valence-corrected chi connectivity index (χ2v) is 5.26. The fourth-order valence-corrected chi connectivity index (χ4v) is 2.38. The fourth-order valence-electron chi connectivity index (χ4n) is 1.94. The van der Waals surface area contributed by atoms with Gasteiger partial charge in [-0.3, -0.25) is 0 Å². The fraction of sp³-hybridized carbons (Fsp3) is 0.143. The Kier molecular flexibility index (Phi) is 2.88. The van der Waals surface area contributed by atoms with Crippen LogP contribution in [0.1, 0.15) is 17.0 Å². The summed E-state index contributed by atoms with van der Waals surface area (Å²) in [6, 6.07) is 12.3. The molecule has 1 aromatic carbocycles. The third kappa shape index (κ3) is 2.29. The third-order valence-corrected chi connectivity index (χ3v) is 3.27. The zero-order chi connectivity index (χ0) is 12.5. The first kappa shape index (κ1) is 11.4. The van der Waals surface area contributed by atoms with Gasteiger partial charge >= 0.3 is 0 Å². The number of aryl methyl sites for hydroxylation is 1. The van der Waals surface area contributed by atoms with E-state index in [0.29, 0.717) is 0 Å². The quantitative estimate of drug-likeness (QED) is 0.726. The first-order valence-corrected chi connectivity index (χ1v) is 6.56. The SMILES string of the molecule is Cc1ccc2nc(Cc3cccc(Br)c3)nn2c1. The standard InChI is InChI=1S/C14H12BrN3/c1-10-5-6-14-16-13(17-18(14)9-10)8-11-3-2-4-12(15)7-11/h2-7,9H,8H2,1H3. The number of rotatable bonds is 2. The maximum Gasteiger partial charge on any atom is 0.156 e. The van der Waals surface area contributed by atoms with Crippen LogP contribution in [-0.4, -0.2) is 14.6 Å². The topological polar surface area (TPSA) is 30.2 Å². The summed E-state index contributed by atoms with van der Waals surface area (Å²) >= 11 is 3.47. The highest BCUT2D eigenvalue weighted by atomic mass is 79.9. The molecule has 0 fully saturated rings. The number of benzene rings is 1. The first-order valence-electron chi connectivity index (χ1n) is 5.77. The Hall–Kier alpha value is -1.68. The highest BCUT2D eigenvalue weighted by Crippen LogP contribution is 2.14. The second-order valence-electron chi connectivity index (χ2n) is 4.34. The minimum Gasteiger partial charge on any atom is -0.221 e. The Labute approximate surface area is 114 Å². The summed E-state index contributed by atoms with van der Waals surface area (Å²) in [5, 5.41) is 4.49. The van der Waals surface area contributed by atoms with Gasteiger partial charge in [-0.05, 0) is 36.2 Å². The van der Waals surface area contributed by atoms with Crippen molar-refractivity contribution in [3.05, 3.63) is 64.0 Å². The zero-order valence-electron chi connectivity index (χ0n) is 9.97. The van der Waals surface area contributed by atoms with Gasteiger partial charge in [-0.25, -0.2) is 9.50 Å². The van der Waals surface area contributed by atoms with E-state index in [9.17, 15) is 0 Å². The van der Waals surface area contributed by atoms with Crippen LogP contribution < -0.4 is 0 Å². The normalized spacial score (nSPS) is 11.0. The van der Waals surface area contributed by atoms with Gasteiger partial charge in [0, 0.05) is 17.1 Å². The van der Waals surface area contributed by atoms with E-state index < -0.39 is 0 Å². The van der Waals surface area contributed by atoms with E-state index in [1.54, 1.807) is 0 Å². The molecule has 0 saturated carbocycles. The van der Waals surface area contributed by atoms with Crippen molar-refractivity contribution in [1.82, 2.24) is 14.6 Å². The van der Waals surface area contributed by atoms with Gasteiger partial charge in [-0.15, -0.1) is 0 Å². The number of halogens is 1. The predicted octanol–water partition coefficient (Wildman–Crippen LogP) is 3.39. The molecule has 0 N–H and O–H groups in total. The predicted molar refractivity (Wildman–Crippen MR) is 74.7 cm³/mol. The zero-order valence-corrected chi connectivity index (χ0v) is 11.6. The van der Waals surface area contributed by atoms with Gasteiger partial charge in [0.2, 0.25) is 0 Å². The van der Waals surface area contributed by atoms with Crippen molar-refractivity contribution in [2.24, 2.45) is 0 Å². The van der Waals surface area contributed by atoms with E-state index >= 15 is 0 Å². The van der Waals surface area contributed by atoms with Crippen LogP contribution in [0.5, 0.6) is 0 Å². The summed E-state index contributed by atoms with van der Waals surface area (Å²) in [4.78, 5) is 4.52. The molecule has 3 rings (SSSR count). The average Bonchev–Trinajstić information content (AvgIpc) is 2.70. The minimum atomic E-state index is 0.750. The van der Waals surface area contributed by atoms with E-state index in [-0.39, 0.29) is 0 Å². The summed E-state index contributed by atoms with van der Waals surface area (Å²) in [7, 11) is 0. The second kappa shape index (κ2) is 4.53. The van der Waals surface area contributed by atoms with Gasteiger partial charge in [0.25, 0.3) is 0 Å². The molecule has 2 aromatic heterocycles. The molecule has 0 amide bonds. The molecule has 18 heavy (non-hydrogen) atoms. The molecule has 0 aliphatic rings. The molecule has 3 nitrogen and oxygen atoms in total. The largest absolute Gasteiger partial charge is 0.221 e. The molecule has 0 aliphatic heterocycles. The van der Waals surface area contributed by atoms with Crippen molar-refractivity contribution < 1.29 is 0 Å². The highest BCUT2D eigenvalue weighted by Gasteiger charge is 2.05. The number of hydrogen-bond acceptors (Lipinski definition) is 2. The van der Waals surface area contributed by atoms with Gasteiger partial charge in [0.05, 0.1) is 0 Å². The van der Waals surface area contributed by atoms with Crippen LogP contribution in [0.15, 0.2) is 47.1 Å². The molecule has 0 atom stereocenters. The van der Waals surface area contributed by atoms with Crippen LogP contribution in [0.4, 0.5) is 0 Å². The van der Waals surface area contributed by atoms with Crippen LogP contribution >= 0.6 is 15.9 Å². The lowest BCUT2D eigenvalue weighted by Gasteiger charge is -1.97. The maximum absolute atomic E-state index is 4.52. The lowest BCUT2D eigenvalue weighted by Crippen LogP contribution is -1.92. The Balaban J connectivity index is 1.95. The van der Waals surface area contributed by atoms with Crippen molar-refractivity contribution in [1.29, 1.82) is 0 Å². The molecule has 3 aromatic rings. The molecule has 90 valence electrons. The molecule has 0 spiro atoms. The summed E-state index contributed by atoms with van der Waals surface area (Å²) in [6.07, 6.45) is 2.74. The molecule has 0 bridgehead atoms. The monoisotopic (exact) mass is 301 g/mol. The van der Waals surface area contributed by atoms with Crippen LogP contribution in [-0.2, 0) is 6.42 Å². The highest BCUT2D eigenvalue weighted by molar-refractivity contribution is 9.10. The van der Waals surface area contributed by atoms with Crippen molar-refractivity contribution >= 4 is 21.6 Å². The molecular formula is C14H12BrN3. The smallest absolute Gasteiger partial charge is 0.156 e. The molecule has 4 heteroatoms. The Morgan fingerprint density at radius 2 is 2.11 bits per heavy atom. The lowest BCUT2D eigenvalue weighted by atomic mass is 10.1. The van der Waals surface area contributed by atoms with Crippen molar-refractivity contribution in [2.75, 3.05) is 0 Å². The van der Waals surface area contributed by atoms with Crippen LogP contribution in [0, 0.1) is 6.92 Å². The number of hydrogen-bond donors (Lipinski definition) is 0. The molecule has 2 heterocycles. The average molecular weight is 302 g/mol. The summed E-state index contributed by atoms with van der Waals surface area (Å²) in [6.45, 7) is 2.05. The van der Waals surface area contributed by atoms with Crippen LogP contribution in [0.25, 0.3) is 5.65 Å². The third-order valence-electron chi connectivity index (χ3n) is 2.77. The van der Waals surface area contributed by atoms with Gasteiger partial charge in [0.15, 0.2) is 11.5 Å². The van der Waals surface area contributed by atoms with Crippen molar-refractivity contribution in [3.8, 4) is 0 Å². The molecule has 0 aliphatic carbocycles. The molecule has 0 unspecified atom stereocenters. The van der Waals surface area contributed by atoms with Crippen LogP contribution in [0.2, 0.25) is 0 Å². The van der Waals surface area contributed by atoms with E-state index in [1.165, 1.54) is 11.1 Å². The Morgan fingerprint density at radius 3 is 2.94 bits per heavy atom. The summed E-state index contributed by atoms with van der Waals surface area (Å²) in [5.74, 6) is 0.846. The number of fused-ring (bicyclic) bond motifs is 1. The number of pyridine rings is 1. The molecule has 0 saturated heterocycles. The van der Waals surface area contributed by atoms with Crippen molar-refractivity contribution in [2.45, 2.75) is 13.3 Å². The molecule has 0 radical (unpaired) electrons. The number of aromatic nitrogens is 3. The van der Waals surface area contributed by atoms with E-state index in [2.05, 4.69) is 45.1 Å². The van der Waals surface area contributed by atoms with Crippen LogP contribution in [0.3, 0.4) is 0 Å². The first-order chi connectivity index (χ1) is 8.70. The summed E-state index contributed by atoms with van der Waals surface area (Å²) < 4.78 is 2.92. The van der Waals surface area contributed by atoms with E-state index in [1.807, 2.05) is 35.0 Å². The van der Waals surface area contributed by atoms with Gasteiger partial charge < -0.3 is 0 Å². The van der Waals surface area contributed by atoms with E-state index in [0.717, 1.165) is 22.4 Å².